The van der Waals surface area contributed by atoms with Gasteiger partial charge in [0.1, 0.15) is 0 Å². The third kappa shape index (κ3) is 2.61. The van der Waals surface area contributed by atoms with E-state index in [4.69, 9.17) is 4.74 Å². The molecule has 2 N–H and O–H groups in total. The van der Waals surface area contributed by atoms with E-state index in [2.05, 4.69) is 5.32 Å². The van der Waals surface area contributed by atoms with Crippen molar-refractivity contribution < 1.29 is 14.6 Å². The van der Waals surface area contributed by atoms with Gasteiger partial charge in [0.05, 0.1) is 25.9 Å². The van der Waals surface area contributed by atoms with Crippen molar-refractivity contribution in [3.8, 4) is 0 Å². The van der Waals surface area contributed by atoms with Gasteiger partial charge in [-0.05, 0) is 25.9 Å². The number of amides is 1. The van der Waals surface area contributed by atoms with E-state index in [1.807, 2.05) is 11.8 Å². The Morgan fingerprint density at radius 3 is 2.88 bits per heavy atom. The smallest absolute Gasteiger partial charge is 0.229 e. The van der Waals surface area contributed by atoms with Crippen LogP contribution >= 0.6 is 0 Å². The summed E-state index contributed by atoms with van der Waals surface area (Å²) in [6.07, 6.45) is 1.75. The maximum absolute atomic E-state index is 12.6. The van der Waals surface area contributed by atoms with Crippen molar-refractivity contribution >= 4 is 5.91 Å². The summed E-state index contributed by atoms with van der Waals surface area (Å²) in [4.78, 5) is 14.4. The molecule has 0 aliphatic carbocycles. The fourth-order valence-corrected chi connectivity index (χ4v) is 2.61. The van der Waals surface area contributed by atoms with Gasteiger partial charge in [-0.15, -0.1) is 0 Å². The van der Waals surface area contributed by atoms with Gasteiger partial charge in [-0.3, -0.25) is 4.79 Å². The molecule has 2 aliphatic rings. The van der Waals surface area contributed by atoms with Crippen molar-refractivity contribution in [1.82, 2.24) is 10.2 Å². The van der Waals surface area contributed by atoms with Crippen LogP contribution < -0.4 is 5.32 Å². The number of carbonyl (C=O) groups is 1. The number of piperidine rings is 1. The normalized spacial score (nSPS) is 29.1. The zero-order valence-corrected chi connectivity index (χ0v) is 10.4. The predicted octanol–water partition coefficient (Wildman–Crippen LogP) is -0.404. The number of hydrogen-bond donors (Lipinski definition) is 2. The summed E-state index contributed by atoms with van der Waals surface area (Å²) in [5, 5.41) is 12.6. The van der Waals surface area contributed by atoms with Gasteiger partial charge in [-0.25, -0.2) is 0 Å². The molecule has 2 heterocycles. The SMILES string of the molecule is CC1(C(=O)N2CCOCC2CO)CCNCC1. The Labute approximate surface area is 102 Å². The van der Waals surface area contributed by atoms with E-state index in [-0.39, 0.29) is 24.0 Å². The fourth-order valence-electron chi connectivity index (χ4n) is 2.61. The second kappa shape index (κ2) is 5.33. The van der Waals surface area contributed by atoms with Gasteiger partial charge in [-0.2, -0.15) is 0 Å². The number of nitrogens with zero attached hydrogens (tertiary/aromatic N) is 1. The van der Waals surface area contributed by atoms with E-state index in [1.54, 1.807) is 0 Å². The van der Waals surface area contributed by atoms with Gasteiger partial charge in [0, 0.05) is 12.0 Å². The molecule has 0 bridgehead atoms. The summed E-state index contributed by atoms with van der Waals surface area (Å²) in [5.74, 6) is 0.182. The molecule has 0 spiro atoms. The summed E-state index contributed by atoms with van der Waals surface area (Å²) in [5.41, 5.74) is -0.268. The molecule has 0 aromatic carbocycles. The van der Waals surface area contributed by atoms with Crippen molar-refractivity contribution in [3.63, 3.8) is 0 Å². The van der Waals surface area contributed by atoms with E-state index in [9.17, 15) is 9.90 Å². The highest BCUT2D eigenvalue weighted by Crippen LogP contribution is 2.31. The minimum atomic E-state index is -0.268. The topological polar surface area (TPSA) is 61.8 Å². The molecule has 0 aromatic heterocycles. The highest BCUT2D eigenvalue weighted by molar-refractivity contribution is 5.83. The molecule has 0 radical (unpaired) electrons. The van der Waals surface area contributed by atoms with Crippen molar-refractivity contribution in [1.29, 1.82) is 0 Å². The van der Waals surface area contributed by atoms with Gasteiger partial charge < -0.3 is 20.1 Å². The fraction of sp³-hybridized carbons (Fsp3) is 0.917. The van der Waals surface area contributed by atoms with Gasteiger partial charge in [0.2, 0.25) is 5.91 Å². The summed E-state index contributed by atoms with van der Waals surface area (Å²) in [7, 11) is 0. The van der Waals surface area contributed by atoms with E-state index >= 15 is 0 Å². The Hall–Kier alpha value is -0.650. The minimum absolute atomic E-state index is 0.0138. The molecule has 0 aromatic rings. The summed E-state index contributed by atoms with van der Waals surface area (Å²) in [6, 6.07) is -0.164. The maximum atomic E-state index is 12.6. The van der Waals surface area contributed by atoms with E-state index < -0.39 is 0 Å². The average molecular weight is 242 g/mol. The molecular weight excluding hydrogens is 220 g/mol. The van der Waals surface area contributed by atoms with Crippen LogP contribution in [0.2, 0.25) is 0 Å². The first-order chi connectivity index (χ1) is 8.17. The molecule has 5 heteroatoms. The highest BCUT2D eigenvalue weighted by Gasteiger charge is 2.40. The molecule has 1 unspecified atom stereocenters. The number of carbonyl (C=O) groups excluding carboxylic acids is 1. The van der Waals surface area contributed by atoms with Crippen LogP contribution in [0.25, 0.3) is 0 Å². The molecule has 0 saturated carbocycles. The van der Waals surface area contributed by atoms with Crippen molar-refractivity contribution in [2.24, 2.45) is 5.41 Å². The van der Waals surface area contributed by atoms with E-state index in [1.165, 1.54) is 0 Å². The molecule has 2 rings (SSSR count). The zero-order chi connectivity index (χ0) is 12.3. The van der Waals surface area contributed by atoms with Crippen molar-refractivity contribution in [3.05, 3.63) is 0 Å². The summed E-state index contributed by atoms with van der Waals surface area (Å²) >= 11 is 0. The first kappa shape index (κ1) is 12.8. The van der Waals surface area contributed by atoms with E-state index in [0.29, 0.717) is 19.8 Å². The van der Waals surface area contributed by atoms with Crippen molar-refractivity contribution in [2.45, 2.75) is 25.8 Å². The molecule has 2 fully saturated rings. The predicted molar refractivity (Wildman–Crippen MR) is 63.6 cm³/mol. The minimum Gasteiger partial charge on any atom is -0.394 e. The lowest BCUT2D eigenvalue weighted by Crippen LogP contribution is -2.56. The van der Waals surface area contributed by atoms with E-state index in [0.717, 1.165) is 25.9 Å². The van der Waals surface area contributed by atoms with Crippen LogP contribution in [0.1, 0.15) is 19.8 Å². The maximum Gasteiger partial charge on any atom is 0.229 e. The zero-order valence-electron chi connectivity index (χ0n) is 10.4. The lowest BCUT2D eigenvalue weighted by atomic mass is 9.79. The molecule has 1 atom stereocenters. The quantitative estimate of drug-likeness (QED) is 0.691. The second-order valence-electron chi connectivity index (χ2n) is 5.22. The number of aliphatic hydroxyl groups excluding tert-OH is 1. The number of rotatable bonds is 2. The third-order valence-corrected chi connectivity index (χ3v) is 3.92. The largest absolute Gasteiger partial charge is 0.394 e. The van der Waals surface area contributed by atoms with Gasteiger partial charge in [-0.1, -0.05) is 6.92 Å². The molecule has 17 heavy (non-hydrogen) atoms. The third-order valence-electron chi connectivity index (χ3n) is 3.92. The Balaban J connectivity index is 2.06. The van der Waals surface area contributed by atoms with Crippen LogP contribution in [0, 0.1) is 5.41 Å². The molecule has 98 valence electrons. The summed E-state index contributed by atoms with van der Waals surface area (Å²) in [6.45, 7) is 5.47. The van der Waals surface area contributed by atoms with Gasteiger partial charge in [0.15, 0.2) is 0 Å². The molecule has 2 saturated heterocycles. The van der Waals surface area contributed by atoms with Crippen LogP contribution in [0.3, 0.4) is 0 Å². The monoisotopic (exact) mass is 242 g/mol. The average Bonchev–Trinajstić information content (AvgIpc) is 2.38. The van der Waals surface area contributed by atoms with Gasteiger partial charge in [0.25, 0.3) is 0 Å². The summed E-state index contributed by atoms with van der Waals surface area (Å²) < 4.78 is 5.31. The first-order valence-electron chi connectivity index (χ1n) is 6.38. The van der Waals surface area contributed by atoms with Crippen LogP contribution in [0.4, 0.5) is 0 Å². The van der Waals surface area contributed by atoms with Crippen LogP contribution in [0.15, 0.2) is 0 Å². The number of aliphatic hydroxyl groups is 1. The highest BCUT2D eigenvalue weighted by atomic mass is 16.5. The first-order valence-corrected chi connectivity index (χ1v) is 6.38. The molecule has 2 aliphatic heterocycles. The van der Waals surface area contributed by atoms with Gasteiger partial charge >= 0.3 is 0 Å². The second-order valence-corrected chi connectivity index (χ2v) is 5.22. The number of ether oxygens (including phenoxy) is 1. The lowest BCUT2D eigenvalue weighted by molar-refractivity contribution is -0.153. The standard InChI is InChI=1S/C12H22N2O3/c1-12(2-4-13-5-3-12)11(16)14-6-7-17-9-10(14)8-15/h10,13,15H,2-9H2,1H3. The van der Waals surface area contributed by atoms with Crippen LogP contribution in [-0.4, -0.2) is 61.4 Å². The molecule has 5 nitrogen and oxygen atoms in total. The number of hydrogen-bond acceptors (Lipinski definition) is 4. The van der Waals surface area contributed by atoms with Crippen molar-refractivity contribution in [2.75, 3.05) is 39.5 Å². The molecule has 1 amide bonds. The number of nitrogens with one attached hydrogen (secondary N) is 1. The van der Waals surface area contributed by atoms with Crippen LogP contribution in [-0.2, 0) is 9.53 Å². The Morgan fingerprint density at radius 1 is 1.53 bits per heavy atom. The number of morpholine rings is 1. The molecular formula is C12H22N2O3. The van der Waals surface area contributed by atoms with Crippen LogP contribution in [0.5, 0.6) is 0 Å². The Morgan fingerprint density at radius 2 is 2.24 bits per heavy atom. The Kier molecular flexibility index (Phi) is 4.01. The Bertz CT molecular complexity index is 277. The lowest BCUT2D eigenvalue weighted by Gasteiger charge is -2.42.